The zero-order valence-electron chi connectivity index (χ0n) is 15.5. The molecule has 0 heterocycles. The molecular weight excluding hydrogens is 296 g/mol. The van der Waals surface area contributed by atoms with Crippen molar-refractivity contribution in [2.45, 2.75) is 68.7 Å². The Labute approximate surface area is 136 Å². The topological polar surface area (TPSA) is 54.4 Å². The summed E-state index contributed by atoms with van der Waals surface area (Å²) in [5, 5.41) is 0. The number of hydrogen-bond donors (Lipinski definition) is 1. The van der Waals surface area contributed by atoms with Crippen molar-refractivity contribution in [1.29, 1.82) is 0 Å². The molecule has 0 bridgehead atoms. The highest BCUT2D eigenvalue weighted by Crippen LogP contribution is 2.49. The van der Waals surface area contributed by atoms with Crippen LogP contribution in [-0.2, 0) is 10.1 Å². The van der Waals surface area contributed by atoms with Gasteiger partial charge in [0.05, 0.1) is 4.91 Å². The van der Waals surface area contributed by atoms with E-state index >= 15 is 0 Å². The molecule has 0 spiro atoms. The number of rotatable bonds is 1. The molecule has 0 aromatic rings. The summed E-state index contributed by atoms with van der Waals surface area (Å²) in [4.78, 5) is 0.146. The summed E-state index contributed by atoms with van der Waals surface area (Å²) in [6, 6.07) is 0. The van der Waals surface area contributed by atoms with Crippen LogP contribution in [0.4, 0.5) is 0 Å². The second-order valence-corrected chi connectivity index (χ2v) is 10.9. The first-order chi connectivity index (χ1) is 9.45. The lowest BCUT2D eigenvalue weighted by molar-refractivity contribution is 0.268. The Morgan fingerprint density at radius 2 is 1.41 bits per heavy atom. The predicted molar refractivity (Wildman–Crippen MR) is 93.1 cm³/mol. The van der Waals surface area contributed by atoms with Crippen LogP contribution in [0, 0.1) is 22.2 Å². The van der Waals surface area contributed by atoms with Gasteiger partial charge in [0.2, 0.25) is 0 Å². The van der Waals surface area contributed by atoms with Crippen LogP contribution >= 0.6 is 0 Å². The van der Waals surface area contributed by atoms with E-state index < -0.39 is 10.1 Å². The lowest BCUT2D eigenvalue weighted by Crippen LogP contribution is -2.31. The van der Waals surface area contributed by atoms with Gasteiger partial charge in [0.1, 0.15) is 0 Å². The minimum atomic E-state index is -4.25. The average Bonchev–Trinajstić information content (AvgIpc) is 2.22. The first kappa shape index (κ1) is 19.4. The van der Waals surface area contributed by atoms with E-state index in [1.54, 1.807) is 0 Å². The Kier molecular flexibility index (Phi) is 4.84. The zero-order valence-corrected chi connectivity index (χ0v) is 16.4. The molecule has 128 valence electrons. The maximum absolute atomic E-state index is 12.1. The fourth-order valence-corrected chi connectivity index (χ4v) is 4.25. The molecule has 1 N–H and O–H groups in total. The molecule has 1 aliphatic rings. The van der Waals surface area contributed by atoms with Gasteiger partial charge in [0.25, 0.3) is 10.1 Å². The van der Waals surface area contributed by atoms with Crippen LogP contribution in [0.25, 0.3) is 0 Å². The van der Waals surface area contributed by atoms with Gasteiger partial charge in [-0.3, -0.25) is 4.55 Å². The van der Waals surface area contributed by atoms with Gasteiger partial charge in [-0.1, -0.05) is 68.4 Å². The smallest absolute Gasteiger partial charge is 0.282 e. The number of hydrogen-bond acceptors (Lipinski definition) is 2. The third kappa shape index (κ3) is 4.23. The molecular formula is C18H32O3S. The molecule has 1 unspecified atom stereocenters. The molecule has 0 fully saturated rings. The molecule has 0 radical (unpaired) electrons. The summed E-state index contributed by atoms with van der Waals surface area (Å²) in [5.41, 5.74) is 0.969. The van der Waals surface area contributed by atoms with Crippen molar-refractivity contribution < 1.29 is 13.0 Å². The maximum atomic E-state index is 12.1. The van der Waals surface area contributed by atoms with Gasteiger partial charge in [-0.05, 0) is 39.7 Å². The average molecular weight is 329 g/mol. The van der Waals surface area contributed by atoms with Crippen molar-refractivity contribution in [3.63, 3.8) is 0 Å². The normalized spacial score (nSPS) is 21.9. The van der Waals surface area contributed by atoms with Gasteiger partial charge in [0.15, 0.2) is 0 Å². The Hall–Kier alpha value is -0.610. The predicted octanol–water partition coefficient (Wildman–Crippen LogP) is 5.21. The van der Waals surface area contributed by atoms with Crippen LogP contribution in [-0.4, -0.2) is 13.0 Å². The fraction of sp³-hybridized carbons (Fsp3) is 0.778. The van der Waals surface area contributed by atoms with Crippen molar-refractivity contribution in [3.8, 4) is 0 Å². The zero-order chi connectivity index (χ0) is 17.7. The Balaban J connectivity index is 3.76. The van der Waals surface area contributed by atoms with Crippen LogP contribution in [0.2, 0.25) is 0 Å². The summed E-state index contributed by atoms with van der Waals surface area (Å²) < 4.78 is 34.1. The first-order valence-electron chi connectivity index (χ1n) is 7.89. The van der Waals surface area contributed by atoms with Crippen molar-refractivity contribution in [2.75, 3.05) is 0 Å². The SMILES string of the molecule is CC(C)(C)C1=CC(C(C)(C)C)CC(C(C)(C)C)=C1S(=O)(=O)O. The quantitative estimate of drug-likeness (QED) is 0.672. The second kappa shape index (κ2) is 5.48. The molecule has 1 aliphatic carbocycles. The Bertz CT molecular complexity index is 600. The van der Waals surface area contributed by atoms with Gasteiger partial charge in [0, 0.05) is 0 Å². The third-order valence-electron chi connectivity index (χ3n) is 4.39. The molecule has 22 heavy (non-hydrogen) atoms. The Morgan fingerprint density at radius 3 is 1.68 bits per heavy atom. The van der Waals surface area contributed by atoms with E-state index in [2.05, 4.69) is 26.8 Å². The van der Waals surface area contributed by atoms with E-state index in [1.165, 1.54) is 0 Å². The summed E-state index contributed by atoms with van der Waals surface area (Å²) >= 11 is 0. The van der Waals surface area contributed by atoms with Crippen molar-refractivity contribution in [3.05, 3.63) is 22.1 Å². The van der Waals surface area contributed by atoms with Crippen LogP contribution in [0.15, 0.2) is 22.1 Å². The van der Waals surface area contributed by atoms with Crippen molar-refractivity contribution in [1.82, 2.24) is 0 Å². The summed E-state index contributed by atoms with van der Waals surface area (Å²) in [6.45, 7) is 18.5. The monoisotopic (exact) mass is 328 g/mol. The lowest BCUT2D eigenvalue weighted by atomic mass is 9.66. The van der Waals surface area contributed by atoms with Crippen LogP contribution in [0.3, 0.4) is 0 Å². The van der Waals surface area contributed by atoms with Gasteiger partial charge >= 0.3 is 0 Å². The molecule has 0 aromatic heterocycles. The third-order valence-corrected chi connectivity index (χ3v) is 5.38. The maximum Gasteiger partial charge on any atom is 0.294 e. The van der Waals surface area contributed by atoms with E-state index in [4.69, 9.17) is 0 Å². The summed E-state index contributed by atoms with van der Waals surface area (Å²) in [7, 11) is -4.25. The van der Waals surface area contributed by atoms with Crippen molar-refractivity contribution in [2.24, 2.45) is 22.2 Å². The highest BCUT2D eigenvalue weighted by atomic mass is 32.2. The first-order valence-corrected chi connectivity index (χ1v) is 9.33. The molecule has 0 amide bonds. The van der Waals surface area contributed by atoms with Crippen molar-refractivity contribution >= 4 is 10.1 Å². The molecule has 0 aromatic carbocycles. The fourth-order valence-electron chi connectivity index (χ4n) is 2.90. The van der Waals surface area contributed by atoms with Crippen LogP contribution < -0.4 is 0 Å². The molecule has 1 rings (SSSR count). The van der Waals surface area contributed by atoms with Crippen LogP contribution in [0.5, 0.6) is 0 Å². The summed E-state index contributed by atoms with van der Waals surface area (Å²) in [6.07, 6.45) is 2.74. The van der Waals surface area contributed by atoms with E-state index in [0.717, 1.165) is 11.1 Å². The molecule has 0 saturated carbocycles. The minimum absolute atomic E-state index is 0.0394. The van der Waals surface area contributed by atoms with Gasteiger partial charge in [-0.15, -0.1) is 0 Å². The van der Waals surface area contributed by atoms with E-state index in [9.17, 15) is 13.0 Å². The van der Waals surface area contributed by atoms with E-state index in [0.29, 0.717) is 6.42 Å². The Morgan fingerprint density at radius 1 is 0.955 bits per heavy atom. The lowest BCUT2D eigenvalue weighted by Gasteiger charge is -2.41. The largest absolute Gasteiger partial charge is 0.294 e. The highest BCUT2D eigenvalue weighted by molar-refractivity contribution is 7.90. The minimum Gasteiger partial charge on any atom is -0.282 e. The molecule has 0 aliphatic heterocycles. The second-order valence-electron chi connectivity index (χ2n) is 9.54. The van der Waals surface area contributed by atoms with Crippen LogP contribution in [0.1, 0.15) is 68.7 Å². The van der Waals surface area contributed by atoms with Gasteiger partial charge in [-0.25, -0.2) is 0 Å². The highest BCUT2D eigenvalue weighted by Gasteiger charge is 2.41. The molecule has 0 saturated heterocycles. The van der Waals surface area contributed by atoms with E-state index in [-0.39, 0.29) is 27.1 Å². The number of allylic oxidation sites excluding steroid dienone is 3. The molecule has 4 heteroatoms. The standard InChI is InChI=1S/C18H32O3S/c1-16(2,3)12-10-13(17(4,5)6)15(22(19,20)21)14(11-12)18(7,8)9/h10,12H,11H2,1-9H3,(H,19,20,21). The molecule has 1 atom stereocenters. The summed E-state index contributed by atoms with van der Waals surface area (Å²) in [5.74, 6) is 0.251. The van der Waals surface area contributed by atoms with Gasteiger partial charge < -0.3 is 0 Å². The molecule has 3 nitrogen and oxygen atoms in total. The van der Waals surface area contributed by atoms with E-state index in [1.807, 2.05) is 41.5 Å². The van der Waals surface area contributed by atoms with Gasteiger partial charge in [-0.2, -0.15) is 8.42 Å².